The van der Waals surface area contributed by atoms with Crippen LogP contribution in [0.4, 0.5) is 4.39 Å². The van der Waals surface area contributed by atoms with E-state index in [1.807, 2.05) is 30.3 Å². The van der Waals surface area contributed by atoms with Gasteiger partial charge in [-0.05, 0) is 35.6 Å². The summed E-state index contributed by atoms with van der Waals surface area (Å²) in [4.78, 5) is 12.1. The molecule has 5 heteroatoms. The molecule has 1 fully saturated rings. The molecule has 1 saturated carbocycles. The minimum Gasteiger partial charge on any atom is -0.387 e. The second-order valence-corrected chi connectivity index (χ2v) is 6.20. The molecule has 1 amide bonds. The van der Waals surface area contributed by atoms with Gasteiger partial charge in [0, 0.05) is 12.5 Å². The van der Waals surface area contributed by atoms with Gasteiger partial charge in [-0.15, -0.1) is 0 Å². The van der Waals surface area contributed by atoms with Gasteiger partial charge in [-0.2, -0.15) is 0 Å². The van der Waals surface area contributed by atoms with Crippen LogP contribution in [0.1, 0.15) is 29.6 Å². The van der Waals surface area contributed by atoms with E-state index >= 15 is 0 Å². The Hall–Kier alpha value is -1.91. The Morgan fingerprint density at radius 1 is 1.30 bits per heavy atom. The number of nitrogens with one attached hydrogen (secondary N) is 1. The molecule has 3 rings (SSSR count). The molecule has 0 aromatic heterocycles. The number of aliphatic hydroxyl groups is 1. The van der Waals surface area contributed by atoms with Crippen molar-refractivity contribution in [1.29, 1.82) is 0 Å². The van der Waals surface area contributed by atoms with Crippen LogP contribution < -0.4 is 5.32 Å². The Labute approximate surface area is 139 Å². The first-order chi connectivity index (χ1) is 11.1. The van der Waals surface area contributed by atoms with Crippen molar-refractivity contribution >= 4 is 17.5 Å². The fraction of sp³-hybridized carbons (Fsp3) is 0.278. The molecule has 0 radical (unpaired) electrons. The summed E-state index contributed by atoms with van der Waals surface area (Å²) in [6.45, 7) is 0.0535. The third-order valence-electron chi connectivity index (χ3n) is 4.15. The highest BCUT2D eigenvalue weighted by Crippen LogP contribution is 2.47. The maximum absolute atomic E-state index is 13.4. The summed E-state index contributed by atoms with van der Waals surface area (Å²) in [6.07, 6.45) is -0.138. The molecule has 0 heterocycles. The van der Waals surface area contributed by atoms with E-state index in [0.29, 0.717) is 5.56 Å². The Bertz CT molecular complexity index is 707. The van der Waals surface area contributed by atoms with E-state index in [9.17, 15) is 14.3 Å². The molecule has 2 N–H and O–H groups in total. The Kier molecular flexibility index (Phi) is 4.64. The number of benzene rings is 2. The average Bonchev–Trinajstić information content (AvgIpc) is 3.36. The number of aliphatic hydroxyl groups excluding tert-OH is 1. The van der Waals surface area contributed by atoms with Crippen molar-refractivity contribution in [3.05, 3.63) is 70.5 Å². The SMILES string of the molecule is O=C(NCC(O)c1ccc(Cl)c(F)c1)C1CC1c1ccccc1. The summed E-state index contributed by atoms with van der Waals surface area (Å²) in [7, 11) is 0. The summed E-state index contributed by atoms with van der Waals surface area (Å²) in [5.41, 5.74) is 1.55. The Morgan fingerprint density at radius 2 is 2.04 bits per heavy atom. The number of hydrogen-bond acceptors (Lipinski definition) is 2. The second-order valence-electron chi connectivity index (χ2n) is 5.79. The minimum absolute atomic E-state index is 0.00803. The molecule has 0 spiro atoms. The van der Waals surface area contributed by atoms with Gasteiger partial charge in [-0.25, -0.2) is 4.39 Å². The van der Waals surface area contributed by atoms with E-state index in [-0.39, 0.29) is 29.3 Å². The molecule has 120 valence electrons. The molecular weight excluding hydrogens is 317 g/mol. The molecule has 2 aromatic carbocycles. The standard InChI is InChI=1S/C18H17ClFNO2/c19-15-7-6-12(8-16(15)20)17(22)10-21-18(23)14-9-13(14)11-4-2-1-3-5-11/h1-8,13-14,17,22H,9-10H2,(H,21,23). The predicted octanol–water partition coefficient (Wildman–Crippen LogP) is 3.43. The van der Waals surface area contributed by atoms with Gasteiger partial charge in [0.05, 0.1) is 11.1 Å². The largest absolute Gasteiger partial charge is 0.387 e. The van der Waals surface area contributed by atoms with Crippen molar-refractivity contribution in [2.45, 2.75) is 18.4 Å². The number of amides is 1. The van der Waals surface area contributed by atoms with Gasteiger partial charge in [0.2, 0.25) is 5.91 Å². The molecule has 0 bridgehead atoms. The fourth-order valence-electron chi connectivity index (χ4n) is 2.72. The van der Waals surface area contributed by atoms with Gasteiger partial charge < -0.3 is 10.4 Å². The molecule has 23 heavy (non-hydrogen) atoms. The normalized spacial score (nSPS) is 20.8. The van der Waals surface area contributed by atoms with E-state index in [0.717, 1.165) is 12.0 Å². The van der Waals surface area contributed by atoms with Crippen LogP contribution in [0.25, 0.3) is 0 Å². The molecule has 0 saturated heterocycles. The van der Waals surface area contributed by atoms with Crippen LogP contribution in [0.15, 0.2) is 48.5 Å². The zero-order valence-electron chi connectivity index (χ0n) is 12.4. The molecule has 3 unspecified atom stereocenters. The van der Waals surface area contributed by atoms with Crippen molar-refractivity contribution in [2.75, 3.05) is 6.54 Å². The van der Waals surface area contributed by atoms with Crippen LogP contribution in [-0.4, -0.2) is 17.6 Å². The smallest absolute Gasteiger partial charge is 0.223 e. The first-order valence-corrected chi connectivity index (χ1v) is 7.89. The van der Waals surface area contributed by atoms with Crippen molar-refractivity contribution in [3.8, 4) is 0 Å². The van der Waals surface area contributed by atoms with Crippen LogP contribution >= 0.6 is 11.6 Å². The molecule has 1 aliphatic carbocycles. The molecule has 0 aliphatic heterocycles. The van der Waals surface area contributed by atoms with Crippen molar-refractivity contribution in [3.63, 3.8) is 0 Å². The van der Waals surface area contributed by atoms with Crippen LogP contribution in [0.5, 0.6) is 0 Å². The first-order valence-electron chi connectivity index (χ1n) is 7.52. The lowest BCUT2D eigenvalue weighted by Crippen LogP contribution is -2.30. The summed E-state index contributed by atoms with van der Waals surface area (Å²) < 4.78 is 13.4. The molecule has 2 aromatic rings. The lowest BCUT2D eigenvalue weighted by molar-refractivity contribution is -0.122. The van der Waals surface area contributed by atoms with Crippen molar-refractivity contribution < 1.29 is 14.3 Å². The number of carbonyl (C=O) groups excluding carboxylic acids is 1. The van der Waals surface area contributed by atoms with Crippen LogP contribution in [0, 0.1) is 11.7 Å². The van der Waals surface area contributed by atoms with Gasteiger partial charge in [0.15, 0.2) is 0 Å². The second kappa shape index (κ2) is 6.69. The summed E-state index contributed by atoms with van der Waals surface area (Å²) >= 11 is 5.61. The average molecular weight is 334 g/mol. The molecule has 3 atom stereocenters. The van der Waals surface area contributed by atoms with E-state index in [4.69, 9.17) is 11.6 Å². The maximum atomic E-state index is 13.4. The highest BCUT2D eigenvalue weighted by atomic mass is 35.5. The monoisotopic (exact) mass is 333 g/mol. The van der Waals surface area contributed by atoms with Crippen LogP contribution in [-0.2, 0) is 4.79 Å². The quantitative estimate of drug-likeness (QED) is 0.880. The topological polar surface area (TPSA) is 49.3 Å². The van der Waals surface area contributed by atoms with Gasteiger partial charge in [0.1, 0.15) is 5.82 Å². The highest BCUT2D eigenvalue weighted by molar-refractivity contribution is 6.30. The zero-order valence-corrected chi connectivity index (χ0v) is 13.1. The number of rotatable bonds is 5. The molecule has 3 nitrogen and oxygen atoms in total. The lowest BCUT2D eigenvalue weighted by Gasteiger charge is -2.13. The fourth-order valence-corrected chi connectivity index (χ4v) is 2.84. The highest BCUT2D eigenvalue weighted by Gasteiger charge is 2.43. The van der Waals surface area contributed by atoms with E-state index in [1.165, 1.54) is 12.1 Å². The zero-order chi connectivity index (χ0) is 16.4. The molecular formula is C18H17ClFNO2. The van der Waals surface area contributed by atoms with E-state index in [1.54, 1.807) is 6.07 Å². The number of hydrogen-bond donors (Lipinski definition) is 2. The van der Waals surface area contributed by atoms with Crippen LogP contribution in [0.3, 0.4) is 0 Å². The van der Waals surface area contributed by atoms with Crippen LogP contribution in [0.2, 0.25) is 5.02 Å². The van der Waals surface area contributed by atoms with Crippen molar-refractivity contribution in [1.82, 2.24) is 5.32 Å². The Balaban J connectivity index is 1.52. The predicted molar refractivity (Wildman–Crippen MR) is 86.7 cm³/mol. The van der Waals surface area contributed by atoms with Gasteiger partial charge in [-0.3, -0.25) is 4.79 Å². The molecule has 1 aliphatic rings. The Morgan fingerprint density at radius 3 is 2.74 bits per heavy atom. The summed E-state index contributed by atoms with van der Waals surface area (Å²) in [5.74, 6) is -0.457. The maximum Gasteiger partial charge on any atom is 0.223 e. The number of halogens is 2. The van der Waals surface area contributed by atoms with Gasteiger partial charge >= 0.3 is 0 Å². The first kappa shape index (κ1) is 16.0. The third-order valence-corrected chi connectivity index (χ3v) is 4.46. The van der Waals surface area contributed by atoms with E-state index < -0.39 is 11.9 Å². The summed E-state index contributed by atoms with van der Waals surface area (Å²) in [6, 6.07) is 14.0. The van der Waals surface area contributed by atoms with Gasteiger partial charge in [-0.1, -0.05) is 48.0 Å². The number of carbonyl (C=O) groups is 1. The van der Waals surface area contributed by atoms with Crippen molar-refractivity contribution in [2.24, 2.45) is 5.92 Å². The minimum atomic E-state index is -0.959. The summed E-state index contributed by atoms with van der Waals surface area (Å²) in [5, 5.41) is 12.8. The van der Waals surface area contributed by atoms with E-state index in [2.05, 4.69) is 5.32 Å². The van der Waals surface area contributed by atoms with Gasteiger partial charge in [0.25, 0.3) is 0 Å². The third kappa shape index (κ3) is 3.71. The lowest BCUT2D eigenvalue weighted by atomic mass is 10.1.